The van der Waals surface area contributed by atoms with Crippen LogP contribution in [0, 0.1) is 0 Å². The monoisotopic (exact) mass is 268 g/mol. The molecule has 2 aromatic rings. The first-order chi connectivity index (χ1) is 8.39. The van der Waals surface area contributed by atoms with E-state index in [1.54, 1.807) is 30.3 Å². The number of aromatic nitrogens is 2. The van der Waals surface area contributed by atoms with Crippen LogP contribution >= 0.6 is 0 Å². The van der Waals surface area contributed by atoms with Gasteiger partial charge >= 0.3 is 10.1 Å². The summed E-state index contributed by atoms with van der Waals surface area (Å²) in [6, 6.07) is 8.34. The summed E-state index contributed by atoms with van der Waals surface area (Å²) in [4.78, 5) is 16.0. The number of hydrogen-bond acceptors (Lipinski definition) is 5. The lowest BCUT2D eigenvalue weighted by atomic mass is 10.2. The smallest absolute Gasteiger partial charge is 0.305 e. The van der Waals surface area contributed by atoms with E-state index in [1.807, 2.05) is 0 Å². The Hall–Kier alpha value is -2.19. The molecule has 3 N–H and O–H groups in total. The summed E-state index contributed by atoms with van der Waals surface area (Å²) in [5, 5.41) is 9.40. The molecule has 7 nitrogen and oxygen atoms in total. The van der Waals surface area contributed by atoms with Crippen molar-refractivity contribution in [1.82, 2.24) is 9.97 Å². The maximum atomic E-state index is 11.5. The molecule has 1 aromatic carbocycles. The third-order valence-corrected chi connectivity index (χ3v) is 3.05. The van der Waals surface area contributed by atoms with Gasteiger partial charge < -0.3 is 10.1 Å². The molecule has 0 radical (unpaired) electrons. The van der Waals surface area contributed by atoms with Crippen LogP contribution in [0.15, 0.2) is 40.0 Å². The minimum atomic E-state index is -4.82. The van der Waals surface area contributed by atoms with Gasteiger partial charge in [-0.1, -0.05) is 30.3 Å². The van der Waals surface area contributed by atoms with Crippen molar-refractivity contribution in [1.29, 1.82) is 0 Å². The van der Waals surface area contributed by atoms with E-state index in [0.717, 1.165) is 0 Å². The lowest BCUT2D eigenvalue weighted by molar-refractivity contribution is 0.422. The number of rotatable bonds is 2. The molecule has 18 heavy (non-hydrogen) atoms. The third-order valence-electron chi connectivity index (χ3n) is 2.16. The summed E-state index contributed by atoms with van der Waals surface area (Å²) < 4.78 is 30.5. The van der Waals surface area contributed by atoms with Crippen molar-refractivity contribution < 1.29 is 18.1 Å². The van der Waals surface area contributed by atoms with E-state index >= 15 is 0 Å². The van der Waals surface area contributed by atoms with E-state index in [9.17, 15) is 18.3 Å². The number of nitrogens with zero attached hydrogens (tertiary/aromatic N) is 1. The third kappa shape index (κ3) is 2.24. The average Bonchev–Trinajstić information content (AvgIpc) is 2.27. The van der Waals surface area contributed by atoms with Crippen LogP contribution in [-0.4, -0.2) is 28.0 Å². The van der Waals surface area contributed by atoms with E-state index in [0.29, 0.717) is 5.56 Å². The van der Waals surface area contributed by atoms with Gasteiger partial charge in [-0.05, 0) is 0 Å². The molecular weight excluding hydrogens is 260 g/mol. The van der Waals surface area contributed by atoms with Crippen LogP contribution in [0.3, 0.4) is 0 Å². The highest BCUT2D eigenvalue weighted by Gasteiger charge is 2.22. The number of aromatic amines is 1. The van der Waals surface area contributed by atoms with Gasteiger partial charge in [0.1, 0.15) is 5.82 Å². The number of benzene rings is 1. The maximum absolute atomic E-state index is 11.5. The Morgan fingerprint density at radius 2 is 1.78 bits per heavy atom. The molecule has 94 valence electrons. The number of hydrogen-bond donors (Lipinski definition) is 3. The van der Waals surface area contributed by atoms with Gasteiger partial charge in [0.15, 0.2) is 0 Å². The molecule has 8 heteroatoms. The van der Waals surface area contributed by atoms with Gasteiger partial charge in [0.2, 0.25) is 10.8 Å². The molecule has 2 rings (SSSR count). The summed E-state index contributed by atoms with van der Waals surface area (Å²) in [7, 11) is -4.82. The van der Waals surface area contributed by atoms with Crippen molar-refractivity contribution in [3.8, 4) is 17.3 Å². The predicted molar refractivity (Wildman–Crippen MR) is 61.8 cm³/mol. The lowest BCUT2D eigenvalue weighted by Gasteiger charge is -2.03. The number of aromatic hydroxyl groups is 1. The molecule has 0 aliphatic heterocycles. The van der Waals surface area contributed by atoms with Gasteiger partial charge in [-0.2, -0.15) is 13.4 Å². The van der Waals surface area contributed by atoms with Crippen LogP contribution in [0.2, 0.25) is 0 Å². The second-order valence-electron chi connectivity index (χ2n) is 3.41. The molecule has 0 unspecified atom stereocenters. The molecule has 0 saturated carbocycles. The Morgan fingerprint density at radius 3 is 2.28 bits per heavy atom. The van der Waals surface area contributed by atoms with Gasteiger partial charge in [-0.15, -0.1) is 0 Å². The summed E-state index contributed by atoms with van der Waals surface area (Å²) in [6.07, 6.45) is 0. The first-order valence-electron chi connectivity index (χ1n) is 4.76. The number of nitrogens with one attached hydrogen (secondary N) is 1. The van der Waals surface area contributed by atoms with Crippen molar-refractivity contribution in [2.75, 3.05) is 0 Å². The standard InChI is InChI=1S/C10H8N2O5S/c13-9-7(18(15,16)17)10(14)12-8(11-9)6-4-2-1-3-5-6/h1-5H,(H,15,16,17)(H2,11,12,13,14). The largest absolute Gasteiger partial charge is 0.492 e. The van der Waals surface area contributed by atoms with E-state index in [1.165, 1.54) is 0 Å². The van der Waals surface area contributed by atoms with Crippen molar-refractivity contribution in [2.45, 2.75) is 4.90 Å². The van der Waals surface area contributed by atoms with Crippen LogP contribution in [-0.2, 0) is 10.1 Å². The lowest BCUT2D eigenvalue weighted by Crippen LogP contribution is -2.19. The molecule has 0 saturated heterocycles. The van der Waals surface area contributed by atoms with E-state index in [4.69, 9.17) is 4.55 Å². The second-order valence-corrected chi connectivity index (χ2v) is 4.77. The summed E-state index contributed by atoms with van der Waals surface area (Å²) in [5.74, 6) is -1.04. The van der Waals surface area contributed by atoms with Crippen LogP contribution in [0.4, 0.5) is 0 Å². The molecule has 0 spiro atoms. The van der Waals surface area contributed by atoms with Gasteiger partial charge in [0.05, 0.1) is 0 Å². The Kier molecular flexibility index (Phi) is 2.89. The molecule has 0 bridgehead atoms. The van der Waals surface area contributed by atoms with E-state index < -0.39 is 26.5 Å². The SMILES string of the molecule is O=c1[nH]c(-c2ccccc2)nc(O)c1S(=O)(=O)O. The Morgan fingerprint density at radius 1 is 1.17 bits per heavy atom. The summed E-state index contributed by atoms with van der Waals surface area (Å²) >= 11 is 0. The topological polar surface area (TPSA) is 120 Å². The molecule has 0 fully saturated rings. The fourth-order valence-corrected chi connectivity index (χ4v) is 1.98. The first kappa shape index (κ1) is 12.3. The quantitative estimate of drug-likeness (QED) is 0.677. The van der Waals surface area contributed by atoms with Crippen LogP contribution < -0.4 is 5.56 Å². The molecule has 0 atom stereocenters. The van der Waals surface area contributed by atoms with Crippen LogP contribution in [0.25, 0.3) is 11.4 Å². The highest BCUT2D eigenvalue weighted by Crippen LogP contribution is 2.19. The Bertz CT molecular complexity index is 737. The minimum Gasteiger partial charge on any atom is -0.492 e. The molecular formula is C10H8N2O5S. The Balaban J connectivity index is 2.68. The minimum absolute atomic E-state index is 0.00509. The predicted octanol–water partition coefficient (Wildman–Crippen LogP) is 0.389. The first-order valence-corrected chi connectivity index (χ1v) is 6.20. The fraction of sp³-hybridized carbons (Fsp3) is 0. The molecule has 1 heterocycles. The molecule has 0 aliphatic carbocycles. The van der Waals surface area contributed by atoms with Crippen molar-refractivity contribution in [3.63, 3.8) is 0 Å². The molecule has 0 amide bonds. The summed E-state index contributed by atoms with van der Waals surface area (Å²) in [6.45, 7) is 0. The van der Waals surface area contributed by atoms with E-state index in [-0.39, 0.29) is 5.82 Å². The van der Waals surface area contributed by atoms with Crippen molar-refractivity contribution in [3.05, 3.63) is 40.7 Å². The fourth-order valence-electron chi connectivity index (χ4n) is 1.42. The molecule has 0 aliphatic rings. The van der Waals surface area contributed by atoms with Crippen molar-refractivity contribution in [2.24, 2.45) is 0 Å². The van der Waals surface area contributed by atoms with E-state index in [2.05, 4.69) is 9.97 Å². The second kappa shape index (κ2) is 4.24. The normalized spacial score (nSPS) is 11.4. The average molecular weight is 268 g/mol. The van der Waals surface area contributed by atoms with Crippen LogP contribution in [0.1, 0.15) is 0 Å². The van der Waals surface area contributed by atoms with Gasteiger partial charge in [0, 0.05) is 5.56 Å². The van der Waals surface area contributed by atoms with Gasteiger partial charge in [-0.25, -0.2) is 0 Å². The highest BCUT2D eigenvalue weighted by atomic mass is 32.2. The zero-order valence-corrected chi connectivity index (χ0v) is 9.68. The van der Waals surface area contributed by atoms with Crippen molar-refractivity contribution >= 4 is 10.1 Å². The van der Waals surface area contributed by atoms with Crippen LogP contribution in [0.5, 0.6) is 5.88 Å². The Labute approximate surface area is 102 Å². The highest BCUT2D eigenvalue weighted by molar-refractivity contribution is 7.86. The summed E-state index contributed by atoms with van der Waals surface area (Å²) in [5.41, 5.74) is -0.643. The zero-order chi connectivity index (χ0) is 13.3. The number of H-pyrrole nitrogens is 1. The van der Waals surface area contributed by atoms with Gasteiger partial charge in [0.25, 0.3) is 5.56 Å². The maximum Gasteiger partial charge on any atom is 0.305 e. The molecule has 1 aromatic heterocycles. The zero-order valence-electron chi connectivity index (χ0n) is 8.86. The van der Waals surface area contributed by atoms with Gasteiger partial charge in [-0.3, -0.25) is 9.35 Å².